The van der Waals surface area contributed by atoms with E-state index in [1.807, 2.05) is 0 Å². The van der Waals surface area contributed by atoms with Gasteiger partial charge in [0.15, 0.2) is 0 Å². The van der Waals surface area contributed by atoms with Gasteiger partial charge in [0.1, 0.15) is 12.4 Å². The number of nitrogens with two attached hydrogens (primary N) is 1. The van der Waals surface area contributed by atoms with Crippen LogP contribution in [0.4, 0.5) is 10.1 Å². The molecule has 0 aromatic heterocycles. The Morgan fingerprint density at radius 3 is 2.80 bits per heavy atom. The lowest BCUT2D eigenvalue weighted by Crippen LogP contribution is -2.07. The van der Waals surface area contributed by atoms with Crippen molar-refractivity contribution in [3.63, 3.8) is 0 Å². The van der Waals surface area contributed by atoms with Crippen molar-refractivity contribution in [3.05, 3.63) is 62.8 Å². The first-order valence-corrected chi connectivity index (χ1v) is 6.81. The summed E-state index contributed by atoms with van der Waals surface area (Å²) in [5.74, 6) is -0.957. The van der Waals surface area contributed by atoms with Crippen LogP contribution in [0.25, 0.3) is 0 Å². The maximum Gasteiger partial charge on any atom is 0.340 e. The highest BCUT2D eigenvalue weighted by Crippen LogP contribution is 2.24. The molecule has 0 radical (unpaired) electrons. The first kappa shape index (κ1) is 14.8. The molecule has 0 heterocycles. The number of carbonyl (C=O) groups excluding carboxylic acids is 1. The monoisotopic (exact) mass is 357 g/mol. The molecule has 2 aromatic rings. The molecule has 3 nitrogen and oxygen atoms in total. The van der Waals surface area contributed by atoms with E-state index >= 15 is 0 Å². The number of hydrogen-bond donors (Lipinski definition) is 1. The molecule has 0 unspecified atom stereocenters. The van der Waals surface area contributed by atoms with Crippen LogP contribution in [-0.2, 0) is 11.3 Å². The summed E-state index contributed by atoms with van der Waals surface area (Å²) in [7, 11) is 0. The minimum Gasteiger partial charge on any atom is -0.457 e. The summed E-state index contributed by atoms with van der Waals surface area (Å²) in [6.07, 6.45) is 0. The Morgan fingerprint density at radius 2 is 2.10 bits per heavy atom. The van der Waals surface area contributed by atoms with Gasteiger partial charge >= 0.3 is 5.97 Å². The van der Waals surface area contributed by atoms with Crippen molar-refractivity contribution in [1.29, 1.82) is 0 Å². The number of anilines is 1. The molecule has 0 fully saturated rings. The number of esters is 1. The van der Waals surface area contributed by atoms with Crippen LogP contribution in [-0.4, -0.2) is 5.97 Å². The molecule has 104 valence electrons. The minimum atomic E-state index is -0.581. The summed E-state index contributed by atoms with van der Waals surface area (Å²) in [5, 5.41) is 0.165. The van der Waals surface area contributed by atoms with Gasteiger partial charge in [0.2, 0.25) is 0 Å². The second-order valence-electron chi connectivity index (χ2n) is 4.03. The van der Waals surface area contributed by atoms with E-state index in [2.05, 4.69) is 15.9 Å². The number of nitrogen functional groups attached to an aromatic ring is 1. The first-order valence-electron chi connectivity index (χ1n) is 5.64. The van der Waals surface area contributed by atoms with Crippen LogP contribution in [0, 0.1) is 5.82 Å². The molecule has 6 heteroatoms. The van der Waals surface area contributed by atoms with Gasteiger partial charge in [-0.05, 0) is 45.8 Å². The van der Waals surface area contributed by atoms with Crippen LogP contribution in [0.2, 0.25) is 5.02 Å². The molecule has 0 aliphatic heterocycles. The van der Waals surface area contributed by atoms with Crippen LogP contribution in [0.3, 0.4) is 0 Å². The smallest absolute Gasteiger partial charge is 0.340 e. The fourth-order valence-corrected chi connectivity index (χ4v) is 2.19. The molecule has 0 aliphatic rings. The molecular formula is C14H10BrClFNO2. The molecule has 0 saturated heterocycles. The predicted octanol–water partition coefficient (Wildman–Crippen LogP) is 4.18. The second kappa shape index (κ2) is 6.24. The van der Waals surface area contributed by atoms with Gasteiger partial charge in [-0.25, -0.2) is 9.18 Å². The molecule has 20 heavy (non-hydrogen) atoms. The third kappa shape index (κ3) is 3.29. The highest BCUT2D eigenvalue weighted by molar-refractivity contribution is 9.10. The van der Waals surface area contributed by atoms with Crippen molar-refractivity contribution >= 4 is 39.2 Å². The Hall–Kier alpha value is -1.59. The lowest BCUT2D eigenvalue weighted by Gasteiger charge is -2.08. The third-order valence-corrected chi connectivity index (χ3v) is 3.63. The van der Waals surface area contributed by atoms with E-state index < -0.39 is 5.97 Å². The fourth-order valence-electron chi connectivity index (χ4n) is 1.56. The zero-order valence-electron chi connectivity index (χ0n) is 10.2. The van der Waals surface area contributed by atoms with Crippen LogP contribution in [0.1, 0.15) is 15.9 Å². The molecule has 0 atom stereocenters. The molecule has 2 aromatic carbocycles. The summed E-state index contributed by atoms with van der Waals surface area (Å²) in [6, 6.07) is 9.11. The van der Waals surface area contributed by atoms with Gasteiger partial charge in [-0.15, -0.1) is 0 Å². The molecular weight excluding hydrogens is 349 g/mol. The number of rotatable bonds is 3. The van der Waals surface area contributed by atoms with Crippen molar-refractivity contribution in [2.24, 2.45) is 0 Å². The minimum absolute atomic E-state index is 0.0167. The predicted molar refractivity (Wildman–Crippen MR) is 79.1 cm³/mol. The number of hydrogen-bond acceptors (Lipinski definition) is 3. The molecule has 0 amide bonds. The zero-order valence-corrected chi connectivity index (χ0v) is 12.5. The van der Waals surface area contributed by atoms with Gasteiger partial charge in [0, 0.05) is 0 Å². The Bertz CT molecular complexity index is 664. The topological polar surface area (TPSA) is 52.3 Å². The van der Waals surface area contributed by atoms with E-state index in [0.717, 1.165) is 0 Å². The lowest BCUT2D eigenvalue weighted by atomic mass is 10.2. The fraction of sp³-hybridized carbons (Fsp3) is 0.0714. The molecule has 0 saturated carbocycles. The number of ether oxygens (including phenoxy) is 1. The van der Waals surface area contributed by atoms with Crippen molar-refractivity contribution < 1.29 is 13.9 Å². The Labute approximate surface area is 128 Å². The van der Waals surface area contributed by atoms with Crippen LogP contribution < -0.4 is 5.73 Å². The Kier molecular flexibility index (Phi) is 4.62. The summed E-state index contributed by atoms with van der Waals surface area (Å²) in [5.41, 5.74) is 6.79. The van der Waals surface area contributed by atoms with Gasteiger partial charge in [0.05, 0.1) is 20.7 Å². The normalized spacial score (nSPS) is 10.3. The second-order valence-corrected chi connectivity index (χ2v) is 5.27. The molecule has 0 aliphatic carbocycles. The SMILES string of the molecule is Nc1cccc(C(=O)OCc2ccc(F)c(Br)c2)c1Cl. The van der Waals surface area contributed by atoms with Crippen molar-refractivity contribution in [2.45, 2.75) is 6.61 Å². The summed E-state index contributed by atoms with van der Waals surface area (Å²) in [4.78, 5) is 11.9. The average molecular weight is 359 g/mol. The zero-order chi connectivity index (χ0) is 14.7. The van der Waals surface area contributed by atoms with E-state index in [9.17, 15) is 9.18 Å². The van der Waals surface area contributed by atoms with Crippen molar-refractivity contribution in [1.82, 2.24) is 0 Å². The standard InChI is InChI=1S/C14H10BrClFNO2/c15-10-6-8(4-5-11(10)17)7-20-14(19)9-2-1-3-12(18)13(9)16/h1-6H,7,18H2. The van der Waals surface area contributed by atoms with Gasteiger partial charge < -0.3 is 10.5 Å². The quantitative estimate of drug-likeness (QED) is 0.661. The molecule has 2 N–H and O–H groups in total. The maximum atomic E-state index is 13.1. The molecule has 2 rings (SSSR count). The van der Waals surface area contributed by atoms with E-state index in [4.69, 9.17) is 22.1 Å². The highest BCUT2D eigenvalue weighted by atomic mass is 79.9. The third-order valence-electron chi connectivity index (χ3n) is 2.60. The van der Waals surface area contributed by atoms with E-state index in [0.29, 0.717) is 15.7 Å². The van der Waals surface area contributed by atoms with Crippen LogP contribution >= 0.6 is 27.5 Å². The first-order chi connectivity index (χ1) is 9.49. The van der Waals surface area contributed by atoms with Gasteiger partial charge in [-0.1, -0.05) is 23.7 Å². The highest BCUT2D eigenvalue weighted by Gasteiger charge is 2.13. The number of halogens is 3. The molecule has 0 spiro atoms. The van der Waals surface area contributed by atoms with Gasteiger partial charge in [0.25, 0.3) is 0 Å². The summed E-state index contributed by atoms with van der Waals surface area (Å²) in [6.45, 7) is 0.0167. The largest absolute Gasteiger partial charge is 0.457 e. The maximum absolute atomic E-state index is 13.1. The van der Waals surface area contributed by atoms with Crippen LogP contribution in [0.5, 0.6) is 0 Å². The van der Waals surface area contributed by atoms with Crippen LogP contribution in [0.15, 0.2) is 40.9 Å². The molecule has 0 bridgehead atoms. The summed E-state index contributed by atoms with van der Waals surface area (Å²) < 4.78 is 18.5. The number of carbonyl (C=O) groups is 1. The van der Waals surface area contributed by atoms with Gasteiger partial charge in [-0.2, -0.15) is 0 Å². The van der Waals surface area contributed by atoms with E-state index in [1.54, 1.807) is 18.2 Å². The summed E-state index contributed by atoms with van der Waals surface area (Å²) >= 11 is 9.00. The van der Waals surface area contributed by atoms with Gasteiger partial charge in [-0.3, -0.25) is 0 Å². The average Bonchev–Trinajstić information content (AvgIpc) is 2.43. The number of benzene rings is 2. The Balaban J connectivity index is 2.08. The lowest BCUT2D eigenvalue weighted by molar-refractivity contribution is 0.0473. The van der Waals surface area contributed by atoms with E-state index in [1.165, 1.54) is 18.2 Å². The Morgan fingerprint density at radius 1 is 1.35 bits per heavy atom. The van der Waals surface area contributed by atoms with E-state index in [-0.39, 0.29) is 23.0 Å². The van der Waals surface area contributed by atoms with Crippen molar-refractivity contribution in [2.75, 3.05) is 5.73 Å². The van der Waals surface area contributed by atoms with Crippen molar-refractivity contribution in [3.8, 4) is 0 Å².